The maximum Gasteiger partial charge on any atom is 0.274 e. The number of fused-ring (bicyclic) bond motifs is 1. The van der Waals surface area contributed by atoms with Gasteiger partial charge in [0, 0.05) is 11.9 Å². The molecule has 1 amide bonds. The van der Waals surface area contributed by atoms with Gasteiger partial charge in [0.2, 0.25) is 0 Å². The molecular weight excluding hydrogens is 306 g/mol. The van der Waals surface area contributed by atoms with E-state index in [1.807, 2.05) is 27.7 Å². The minimum absolute atomic E-state index is 0.148. The molecule has 0 bridgehead atoms. The molecule has 0 aliphatic heterocycles. The fraction of sp³-hybridized carbons (Fsp3) is 0.500. The van der Waals surface area contributed by atoms with E-state index in [1.54, 1.807) is 24.3 Å². The van der Waals surface area contributed by atoms with Crippen LogP contribution in [-0.2, 0) is 0 Å². The zero-order valence-electron chi connectivity index (χ0n) is 14.7. The van der Waals surface area contributed by atoms with Gasteiger partial charge in [-0.15, -0.1) is 0 Å². The molecule has 24 heavy (non-hydrogen) atoms. The second-order valence-electron chi connectivity index (χ2n) is 6.35. The second kappa shape index (κ2) is 7.13. The van der Waals surface area contributed by atoms with Gasteiger partial charge in [0.25, 0.3) is 11.5 Å². The average molecular weight is 331 g/mol. The Hall–Kier alpha value is -2.21. The monoisotopic (exact) mass is 331 g/mol. The van der Waals surface area contributed by atoms with Gasteiger partial charge in [0.05, 0.1) is 17.0 Å². The number of nitrogens with zero attached hydrogens (tertiary/aromatic N) is 2. The van der Waals surface area contributed by atoms with Gasteiger partial charge in [-0.05, 0) is 32.8 Å². The Bertz CT molecular complexity index is 792. The lowest BCUT2D eigenvalue weighted by Gasteiger charge is -2.25. The number of amides is 1. The van der Waals surface area contributed by atoms with Gasteiger partial charge in [-0.1, -0.05) is 32.0 Å². The number of benzene rings is 1. The summed E-state index contributed by atoms with van der Waals surface area (Å²) in [7, 11) is 0. The van der Waals surface area contributed by atoms with Gasteiger partial charge >= 0.3 is 0 Å². The van der Waals surface area contributed by atoms with Crippen LogP contribution in [0, 0.1) is 0 Å². The van der Waals surface area contributed by atoms with Crippen LogP contribution in [0.2, 0.25) is 0 Å². The summed E-state index contributed by atoms with van der Waals surface area (Å²) in [4.78, 5) is 25.1. The van der Waals surface area contributed by atoms with E-state index in [9.17, 15) is 14.7 Å². The van der Waals surface area contributed by atoms with Gasteiger partial charge in [-0.2, -0.15) is 5.10 Å². The highest BCUT2D eigenvalue weighted by molar-refractivity contribution is 6.04. The van der Waals surface area contributed by atoms with E-state index in [1.165, 1.54) is 4.68 Å². The van der Waals surface area contributed by atoms with Gasteiger partial charge < -0.3 is 10.4 Å². The zero-order valence-corrected chi connectivity index (χ0v) is 14.7. The lowest BCUT2D eigenvalue weighted by atomic mass is 9.97. The number of rotatable bonds is 6. The summed E-state index contributed by atoms with van der Waals surface area (Å²) in [5, 5.41) is 18.3. The third-order valence-corrected chi connectivity index (χ3v) is 4.43. The van der Waals surface area contributed by atoms with Crippen LogP contribution in [0.15, 0.2) is 29.1 Å². The van der Waals surface area contributed by atoms with Crippen LogP contribution in [0.5, 0.6) is 0 Å². The predicted octanol–water partition coefficient (Wildman–Crippen LogP) is 2.26. The van der Waals surface area contributed by atoms with E-state index in [-0.39, 0.29) is 29.7 Å². The first kappa shape index (κ1) is 18.1. The molecule has 0 fully saturated rings. The molecule has 2 N–H and O–H groups in total. The highest BCUT2D eigenvalue weighted by Crippen LogP contribution is 2.16. The molecule has 2 aromatic rings. The van der Waals surface area contributed by atoms with E-state index >= 15 is 0 Å². The minimum Gasteiger partial charge on any atom is -0.388 e. The summed E-state index contributed by atoms with van der Waals surface area (Å²) in [5.41, 5.74) is -0.943. The first-order valence-corrected chi connectivity index (χ1v) is 8.35. The fourth-order valence-electron chi connectivity index (χ4n) is 2.55. The van der Waals surface area contributed by atoms with Crippen molar-refractivity contribution in [2.75, 3.05) is 6.54 Å². The maximum absolute atomic E-state index is 12.6. The van der Waals surface area contributed by atoms with Crippen LogP contribution in [-0.4, -0.2) is 32.9 Å². The molecule has 6 nitrogen and oxygen atoms in total. The Labute approximate surface area is 141 Å². The molecule has 2 rings (SSSR count). The molecule has 0 radical (unpaired) electrons. The van der Waals surface area contributed by atoms with E-state index in [2.05, 4.69) is 10.4 Å². The molecule has 0 atom stereocenters. The number of aromatic nitrogens is 2. The number of carbonyl (C=O) groups excluding carboxylic acids is 1. The molecule has 1 heterocycles. The predicted molar refractivity (Wildman–Crippen MR) is 94.3 cm³/mol. The van der Waals surface area contributed by atoms with Crippen molar-refractivity contribution in [2.45, 2.75) is 52.2 Å². The van der Waals surface area contributed by atoms with Crippen molar-refractivity contribution in [2.24, 2.45) is 0 Å². The van der Waals surface area contributed by atoms with E-state index in [0.717, 1.165) is 0 Å². The Morgan fingerprint density at radius 3 is 2.38 bits per heavy atom. The Morgan fingerprint density at radius 1 is 1.25 bits per heavy atom. The van der Waals surface area contributed by atoms with E-state index in [4.69, 9.17) is 0 Å². The fourth-order valence-corrected chi connectivity index (χ4v) is 2.55. The number of nitrogens with one attached hydrogen (secondary N) is 1. The van der Waals surface area contributed by atoms with Crippen molar-refractivity contribution in [3.63, 3.8) is 0 Å². The van der Waals surface area contributed by atoms with Gasteiger partial charge in [0.1, 0.15) is 0 Å². The number of aliphatic hydroxyl groups is 1. The number of hydrogen-bond acceptors (Lipinski definition) is 4. The summed E-state index contributed by atoms with van der Waals surface area (Å²) in [6.45, 7) is 7.59. The van der Waals surface area contributed by atoms with Crippen molar-refractivity contribution in [1.82, 2.24) is 15.1 Å². The number of carbonyl (C=O) groups is 1. The second-order valence-corrected chi connectivity index (χ2v) is 6.35. The zero-order chi connectivity index (χ0) is 17.9. The summed E-state index contributed by atoms with van der Waals surface area (Å²) in [6, 6.07) is 6.80. The highest BCUT2D eigenvalue weighted by atomic mass is 16.3. The Balaban J connectivity index is 2.46. The summed E-state index contributed by atoms with van der Waals surface area (Å²) < 4.78 is 1.32. The molecular formula is C18H25N3O3. The summed E-state index contributed by atoms with van der Waals surface area (Å²) >= 11 is 0. The van der Waals surface area contributed by atoms with Gasteiger partial charge in [0.15, 0.2) is 5.69 Å². The third-order valence-electron chi connectivity index (χ3n) is 4.43. The van der Waals surface area contributed by atoms with Crippen LogP contribution in [0.3, 0.4) is 0 Å². The standard InChI is InChI=1S/C18H25N3O3/c1-5-18(24,6-2)11-19-16(22)15-13-9-7-8-10-14(13)17(23)21(20-15)12(3)4/h7-10,12,24H,5-6,11H2,1-4H3,(H,19,22). The summed E-state index contributed by atoms with van der Waals surface area (Å²) in [6.07, 6.45) is 1.09. The van der Waals surface area contributed by atoms with Crippen molar-refractivity contribution < 1.29 is 9.90 Å². The Kier molecular flexibility index (Phi) is 5.39. The topological polar surface area (TPSA) is 84.2 Å². The smallest absolute Gasteiger partial charge is 0.274 e. The molecule has 0 spiro atoms. The molecule has 0 aliphatic rings. The van der Waals surface area contributed by atoms with Crippen molar-refractivity contribution in [1.29, 1.82) is 0 Å². The van der Waals surface area contributed by atoms with Crippen LogP contribution in [0.1, 0.15) is 57.1 Å². The maximum atomic E-state index is 12.6. The van der Waals surface area contributed by atoms with Crippen molar-refractivity contribution in [3.8, 4) is 0 Å². The first-order valence-electron chi connectivity index (χ1n) is 8.35. The van der Waals surface area contributed by atoms with Crippen molar-refractivity contribution >= 4 is 16.7 Å². The summed E-state index contributed by atoms with van der Waals surface area (Å²) in [5.74, 6) is -0.388. The molecule has 1 aromatic carbocycles. The largest absolute Gasteiger partial charge is 0.388 e. The molecule has 0 saturated heterocycles. The lowest BCUT2D eigenvalue weighted by Crippen LogP contribution is -2.42. The first-order chi connectivity index (χ1) is 11.3. The average Bonchev–Trinajstić information content (AvgIpc) is 2.59. The van der Waals surface area contributed by atoms with Crippen LogP contribution in [0.25, 0.3) is 10.8 Å². The van der Waals surface area contributed by atoms with Crippen LogP contribution < -0.4 is 10.9 Å². The molecule has 6 heteroatoms. The van der Waals surface area contributed by atoms with Crippen LogP contribution >= 0.6 is 0 Å². The molecule has 1 aromatic heterocycles. The van der Waals surface area contributed by atoms with Crippen molar-refractivity contribution in [3.05, 3.63) is 40.3 Å². The van der Waals surface area contributed by atoms with Gasteiger partial charge in [-0.25, -0.2) is 4.68 Å². The van der Waals surface area contributed by atoms with E-state index in [0.29, 0.717) is 23.6 Å². The quantitative estimate of drug-likeness (QED) is 0.850. The SMILES string of the molecule is CCC(O)(CC)CNC(=O)c1nn(C(C)C)c(=O)c2ccccc12. The third kappa shape index (κ3) is 3.48. The lowest BCUT2D eigenvalue weighted by molar-refractivity contribution is 0.0313. The normalized spacial score (nSPS) is 11.9. The van der Waals surface area contributed by atoms with Crippen LogP contribution in [0.4, 0.5) is 0 Å². The molecule has 130 valence electrons. The van der Waals surface area contributed by atoms with Gasteiger partial charge in [-0.3, -0.25) is 9.59 Å². The minimum atomic E-state index is -0.933. The molecule has 0 saturated carbocycles. The Morgan fingerprint density at radius 2 is 1.83 bits per heavy atom. The molecule has 0 aliphatic carbocycles. The molecule has 0 unspecified atom stereocenters. The highest BCUT2D eigenvalue weighted by Gasteiger charge is 2.24. The van der Waals surface area contributed by atoms with E-state index < -0.39 is 5.60 Å². The number of hydrogen-bond donors (Lipinski definition) is 2.